The van der Waals surface area contributed by atoms with E-state index in [4.69, 9.17) is 22.4 Å². The highest BCUT2D eigenvalue weighted by Crippen LogP contribution is 2.31. The molecule has 5 nitrogen and oxygen atoms in total. The lowest BCUT2D eigenvalue weighted by atomic mass is 9.80. The Labute approximate surface area is 130 Å². The van der Waals surface area contributed by atoms with Crippen LogP contribution in [0.5, 0.6) is 0 Å². The maximum Gasteiger partial charge on any atom is 0.237 e. The molecule has 1 aromatic rings. The number of nitrogens with zero attached hydrogens (tertiary/aromatic N) is 1. The van der Waals surface area contributed by atoms with E-state index in [1.54, 1.807) is 6.26 Å². The molecule has 1 aliphatic heterocycles. The Hall–Kier alpha value is -1.40. The van der Waals surface area contributed by atoms with Gasteiger partial charge in [-0.3, -0.25) is 9.69 Å². The first kappa shape index (κ1) is 16.0. The van der Waals surface area contributed by atoms with Crippen LogP contribution in [0.1, 0.15) is 32.4 Å². The molecule has 0 spiro atoms. The molecule has 1 unspecified atom stereocenters. The van der Waals surface area contributed by atoms with Crippen LogP contribution in [0.15, 0.2) is 22.8 Å². The molecule has 0 aliphatic carbocycles. The zero-order chi connectivity index (χ0) is 15.5. The van der Waals surface area contributed by atoms with Crippen LogP contribution < -0.4 is 11.1 Å². The first-order valence-corrected chi connectivity index (χ1v) is 7.67. The van der Waals surface area contributed by atoms with E-state index in [9.17, 15) is 4.79 Å². The number of furan rings is 1. The third-order valence-electron chi connectivity index (χ3n) is 4.44. The Balaban J connectivity index is 1.82. The van der Waals surface area contributed by atoms with Gasteiger partial charge in [0.25, 0.3) is 0 Å². The maximum atomic E-state index is 12.2. The van der Waals surface area contributed by atoms with Crippen LogP contribution in [0.2, 0.25) is 0 Å². The largest absolute Gasteiger partial charge is 0.467 e. The van der Waals surface area contributed by atoms with Crippen LogP contribution in [-0.4, -0.2) is 34.9 Å². The van der Waals surface area contributed by atoms with Crippen LogP contribution in [0.4, 0.5) is 0 Å². The fraction of sp³-hybridized carbons (Fsp3) is 0.600. The summed E-state index contributed by atoms with van der Waals surface area (Å²) in [7, 11) is 0. The van der Waals surface area contributed by atoms with Gasteiger partial charge in [-0.1, -0.05) is 19.1 Å². The summed E-state index contributed by atoms with van der Waals surface area (Å²) in [6.45, 7) is 6.14. The zero-order valence-corrected chi connectivity index (χ0v) is 13.4. The molecule has 0 saturated carbocycles. The molecule has 1 atom stereocenters. The fourth-order valence-corrected chi connectivity index (χ4v) is 2.76. The summed E-state index contributed by atoms with van der Waals surface area (Å²) >= 11 is 5.14. The highest BCUT2D eigenvalue weighted by Gasteiger charge is 2.35. The number of hydrogen-bond acceptors (Lipinski definition) is 4. The number of amides is 1. The van der Waals surface area contributed by atoms with Crippen molar-refractivity contribution in [1.82, 2.24) is 10.2 Å². The van der Waals surface area contributed by atoms with Crippen LogP contribution in [0.3, 0.4) is 0 Å². The molecule has 0 aromatic carbocycles. The minimum Gasteiger partial charge on any atom is -0.467 e. The molecule has 1 aromatic heterocycles. The molecule has 2 heterocycles. The van der Waals surface area contributed by atoms with Crippen molar-refractivity contribution < 1.29 is 9.21 Å². The standard InChI is InChI=1S/C15H23N3O2S/c1-11(13(19)17-10-12-4-3-9-20-12)18-7-5-15(2,6-8-18)14(16)21/h3-4,9,11H,5-8,10H2,1-2H3,(H2,16,21)(H,17,19). The van der Waals surface area contributed by atoms with Gasteiger partial charge >= 0.3 is 0 Å². The number of piperidine rings is 1. The van der Waals surface area contributed by atoms with Crippen molar-refractivity contribution in [3.63, 3.8) is 0 Å². The van der Waals surface area contributed by atoms with E-state index in [0.717, 1.165) is 31.7 Å². The SMILES string of the molecule is CC(C(=O)NCc1ccco1)N1CCC(C)(C(N)=S)CC1. The van der Waals surface area contributed by atoms with Gasteiger partial charge in [0.05, 0.1) is 23.8 Å². The average molecular weight is 309 g/mol. The first-order chi connectivity index (χ1) is 9.92. The van der Waals surface area contributed by atoms with Gasteiger partial charge in [0.15, 0.2) is 0 Å². The number of nitrogens with two attached hydrogens (primary N) is 1. The van der Waals surface area contributed by atoms with E-state index >= 15 is 0 Å². The Morgan fingerprint density at radius 3 is 2.76 bits per heavy atom. The number of likely N-dealkylation sites (tertiary alicyclic amines) is 1. The predicted molar refractivity (Wildman–Crippen MR) is 85.7 cm³/mol. The molecule has 21 heavy (non-hydrogen) atoms. The fourth-order valence-electron chi connectivity index (χ4n) is 2.55. The van der Waals surface area contributed by atoms with Crippen molar-refractivity contribution >= 4 is 23.1 Å². The lowest BCUT2D eigenvalue weighted by Gasteiger charge is -2.40. The molecule has 0 radical (unpaired) electrons. The molecule has 116 valence electrons. The van der Waals surface area contributed by atoms with Gasteiger partial charge in [0, 0.05) is 5.41 Å². The number of nitrogens with one attached hydrogen (secondary N) is 1. The van der Waals surface area contributed by atoms with Gasteiger partial charge in [-0.05, 0) is 45.0 Å². The second-order valence-corrected chi connectivity index (χ2v) is 6.37. The third kappa shape index (κ3) is 3.83. The minimum atomic E-state index is -0.157. The maximum absolute atomic E-state index is 12.2. The number of carbonyl (C=O) groups is 1. The van der Waals surface area contributed by atoms with Crippen molar-refractivity contribution in [3.8, 4) is 0 Å². The summed E-state index contributed by atoms with van der Waals surface area (Å²) < 4.78 is 5.21. The molecule has 1 saturated heterocycles. The number of rotatable bonds is 5. The Bertz CT molecular complexity index is 493. The summed E-state index contributed by atoms with van der Waals surface area (Å²) in [6.07, 6.45) is 3.41. The van der Waals surface area contributed by atoms with E-state index in [1.807, 2.05) is 19.1 Å². The van der Waals surface area contributed by atoms with Crippen LogP contribution in [0.25, 0.3) is 0 Å². The lowest BCUT2D eigenvalue weighted by Crippen LogP contribution is -2.51. The quantitative estimate of drug-likeness (QED) is 0.810. The van der Waals surface area contributed by atoms with Gasteiger partial charge in [-0.15, -0.1) is 0 Å². The molecule has 3 N–H and O–H groups in total. The Kier molecular flexibility index (Phi) is 5.00. The van der Waals surface area contributed by atoms with Gasteiger partial charge in [-0.2, -0.15) is 0 Å². The summed E-state index contributed by atoms with van der Waals surface area (Å²) in [5.74, 6) is 0.778. The van der Waals surface area contributed by atoms with Gasteiger partial charge in [0.1, 0.15) is 5.76 Å². The van der Waals surface area contributed by atoms with E-state index in [1.165, 1.54) is 0 Å². The highest BCUT2D eigenvalue weighted by atomic mass is 32.1. The number of hydrogen-bond donors (Lipinski definition) is 2. The number of carbonyl (C=O) groups excluding carboxylic acids is 1. The van der Waals surface area contributed by atoms with Crippen molar-refractivity contribution in [3.05, 3.63) is 24.2 Å². The first-order valence-electron chi connectivity index (χ1n) is 7.26. The Morgan fingerprint density at radius 2 is 2.24 bits per heavy atom. The molecule has 0 bridgehead atoms. The molecular formula is C15H23N3O2S. The van der Waals surface area contributed by atoms with Crippen molar-refractivity contribution in [2.45, 2.75) is 39.3 Å². The zero-order valence-electron chi connectivity index (χ0n) is 12.6. The normalized spacial score (nSPS) is 19.9. The lowest BCUT2D eigenvalue weighted by molar-refractivity contribution is -0.126. The van der Waals surface area contributed by atoms with E-state index in [0.29, 0.717) is 11.5 Å². The smallest absolute Gasteiger partial charge is 0.237 e. The van der Waals surface area contributed by atoms with Crippen LogP contribution >= 0.6 is 12.2 Å². The third-order valence-corrected chi connectivity index (χ3v) is 4.93. The summed E-state index contributed by atoms with van der Waals surface area (Å²) in [5, 5.41) is 2.90. The summed E-state index contributed by atoms with van der Waals surface area (Å²) in [4.78, 5) is 14.9. The highest BCUT2D eigenvalue weighted by molar-refractivity contribution is 7.80. The van der Waals surface area contributed by atoms with E-state index in [-0.39, 0.29) is 17.4 Å². The van der Waals surface area contributed by atoms with Gasteiger partial charge in [0.2, 0.25) is 5.91 Å². The monoisotopic (exact) mass is 309 g/mol. The van der Waals surface area contributed by atoms with Gasteiger partial charge in [-0.25, -0.2) is 0 Å². The minimum absolute atomic E-state index is 0.0188. The summed E-state index contributed by atoms with van der Waals surface area (Å²) in [5.41, 5.74) is 5.73. The van der Waals surface area contributed by atoms with E-state index in [2.05, 4.69) is 17.1 Å². The molecule has 6 heteroatoms. The van der Waals surface area contributed by atoms with Crippen LogP contribution in [-0.2, 0) is 11.3 Å². The molecule has 2 rings (SSSR count). The van der Waals surface area contributed by atoms with Crippen molar-refractivity contribution in [2.75, 3.05) is 13.1 Å². The number of thiocarbonyl (C=S) groups is 1. The van der Waals surface area contributed by atoms with Crippen LogP contribution in [0, 0.1) is 5.41 Å². The van der Waals surface area contributed by atoms with Crippen molar-refractivity contribution in [2.24, 2.45) is 11.1 Å². The Morgan fingerprint density at radius 1 is 1.57 bits per heavy atom. The molecular weight excluding hydrogens is 286 g/mol. The molecule has 1 aliphatic rings. The summed E-state index contributed by atoms with van der Waals surface area (Å²) in [6, 6.07) is 3.50. The molecule has 1 amide bonds. The second-order valence-electron chi connectivity index (χ2n) is 5.93. The molecule has 1 fully saturated rings. The second kappa shape index (κ2) is 6.58. The average Bonchev–Trinajstić information content (AvgIpc) is 2.98. The van der Waals surface area contributed by atoms with Crippen molar-refractivity contribution in [1.29, 1.82) is 0 Å². The topological polar surface area (TPSA) is 71.5 Å². The van der Waals surface area contributed by atoms with E-state index < -0.39 is 0 Å². The van der Waals surface area contributed by atoms with Gasteiger partial charge < -0.3 is 15.5 Å². The predicted octanol–water partition coefficient (Wildman–Crippen LogP) is 1.67.